The Kier molecular flexibility index (Phi) is 6.23. The Hall–Kier alpha value is -2.02. The third-order valence-electron chi connectivity index (χ3n) is 2.59. The van der Waals surface area contributed by atoms with Gasteiger partial charge in [0, 0.05) is 12.6 Å². The first-order valence-corrected chi connectivity index (χ1v) is 6.14. The van der Waals surface area contributed by atoms with E-state index in [4.69, 9.17) is 9.84 Å². The van der Waals surface area contributed by atoms with E-state index in [1.807, 2.05) is 0 Å². The Bertz CT molecular complexity index is 483. The molecular formula is C14H16F3NO3. The zero-order valence-electron chi connectivity index (χ0n) is 11.4. The normalized spacial score (nSPS) is 11.7. The van der Waals surface area contributed by atoms with Crippen molar-refractivity contribution >= 4 is 12.0 Å². The lowest BCUT2D eigenvalue weighted by atomic mass is 10.2. The topological polar surface area (TPSA) is 49.8 Å². The predicted molar refractivity (Wildman–Crippen MR) is 71.7 cm³/mol. The summed E-state index contributed by atoms with van der Waals surface area (Å²) in [5, 5.41) is 8.73. The number of nitrogens with zero attached hydrogens (tertiary/aromatic N) is 1. The van der Waals surface area contributed by atoms with Gasteiger partial charge in [-0.3, -0.25) is 4.79 Å². The van der Waals surface area contributed by atoms with Crippen LogP contribution in [-0.2, 0) is 4.79 Å². The number of carbonyl (C=O) groups is 1. The highest BCUT2D eigenvalue weighted by molar-refractivity contribution is 5.91. The molecule has 116 valence electrons. The number of benzene rings is 1. The molecular weight excluding hydrogens is 287 g/mol. The number of ether oxygens (including phenoxy) is 1. The van der Waals surface area contributed by atoms with Crippen molar-refractivity contribution in [1.82, 2.24) is 4.90 Å². The van der Waals surface area contributed by atoms with Crippen molar-refractivity contribution in [2.24, 2.45) is 0 Å². The van der Waals surface area contributed by atoms with Crippen LogP contribution in [0.5, 0.6) is 5.75 Å². The molecule has 0 fully saturated rings. The monoisotopic (exact) mass is 303 g/mol. The minimum Gasteiger partial charge on any atom is -0.497 e. The average molecular weight is 303 g/mol. The molecule has 1 aromatic rings. The van der Waals surface area contributed by atoms with Crippen molar-refractivity contribution in [3.05, 3.63) is 35.9 Å². The number of halogens is 3. The van der Waals surface area contributed by atoms with Crippen molar-refractivity contribution in [1.29, 1.82) is 0 Å². The molecule has 1 aromatic carbocycles. The highest BCUT2D eigenvalue weighted by Crippen LogP contribution is 2.17. The summed E-state index contributed by atoms with van der Waals surface area (Å²) < 4.78 is 41.9. The molecule has 0 aliphatic rings. The van der Waals surface area contributed by atoms with Crippen LogP contribution in [0.2, 0.25) is 0 Å². The van der Waals surface area contributed by atoms with E-state index in [2.05, 4.69) is 0 Å². The Morgan fingerprint density at radius 2 is 1.95 bits per heavy atom. The predicted octanol–water partition coefficient (Wildman–Crippen LogP) is 2.09. The summed E-state index contributed by atoms with van der Waals surface area (Å²) in [6, 6.07) is 6.68. The number of alkyl halides is 3. The minimum absolute atomic E-state index is 0.370. The first kappa shape index (κ1) is 17.0. The maximum atomic E-state index is 12.3. The Morgan fingerprint density at radius 3 is 2.43 bits per heavy atom. The van der Waals surface area contributed by atoms with Crippen molar-refractivity contribution in [2.45, 2.75) is 6.18 Å². The maximum Gasteiger partial charge on any atom is 0.406 e. The molecule has 0 bridgehead atoms. The van der Waals surface area contributed by atoms with Crippen LogP contribution >= 0.6 is 0 Å². The third-order valence-corrected chi connectivity index (χ3v) is 2.59. The zero-order valence-corrected chi connectivity index (χ0v) is 11.4. The number of methoxy groups -OCH3 is 1. The second kappa shape index (κ2) is 7.68. The van der Waals surface area contributed by atoms with Crippen molar-refractivity contribution in [3.8, 4) is 5.75 Å². The quantitative estimate of drug-likeness (QED) is 0.819. The van der Waals surface area contributed by atoms with Gasteiger partial charge in [0.1, 0.15) is 12.3 Å². The molecule has 0 saturated heterocycles. The number of amides is 1. The van der Waals surface area contributed by atoms with E-state index in [1.54, 1.807) is 24.3 Å². The lowest BCUT2D eigenvalue weighted by Gasteiger charge is -2.21. The highest BCUT2D eigenvalue weighted by Gasteiger charge is 2.32. The summed E-state index contributed by atoms with van der Waals surface area (Å²) in [7, 11) is 1.51. The SMILES string of the molecule is COc1ccc(/C=C/C(=O)N(CCO)CC(F)(F)F)cc1. The van der Waals surface area contributed by atoms with E-state index in [0.29, 0.717) is 16.2 Å². The molecule has 1 amide bonds. The van der Waals surface area contributed by atoms with Gasteiger partial charge in [-0.05, 0) is 23.8 Å². The first-order chi connectivity index (χ1) is 9.85. The van der Waals surface area contributed by atoms with Crippen LogP contribution < -0.4 is 4.74 Å². The van der Waals surface area contributed by atoms with Gasteiger partial charge in [0.25, 0.3) is 0 Å². The molecule has 0 radical (unpaired) electrons. The van der Waals surface area contributed by atoms with E-state index in [-0.39, 0.29) is 6.54 Å². The van der Waals surface area contributed by atoms with Gasteiger partial charge >= 0.3 is 6.18 Å². The zero-order chi connectivity index (χ0) is 15.9. The average Bonchev–Trinajstić information content (AvgIpc) is 2.43. The summed E-state index contributed by atoms with van der Waals surface area (Å²) in [6.07, 6.45) is -2.05. The molecule has 4 nitrogen and oxygen atoms in total. The molecule has 0 spiro atoms. The molecule has 7 heteroatoms. The Labute approximate surface area is 120 Å². The van der Waals surface area contributed by atoms with Gasteiger partial charge in [0.2, 0.25) is 5.91 Å². The van der Waals surface area contributed by atoms with Gasteiger partial charge in [-0.25, -0.2) is 0 Å². The van der Waals surface area contributed by atoms with Crippen molar-refractivity contribution < 1.29 is 27.8 Å². The summed E-state index contributed by atoms with van der Waals surface area (Å²) >= 11 is 0. The number of hydrogen-bond donors (Lipinski definition) is 1. The fraction of sp³-hybridized carbons (Fsp3) is 0.357. The van der Waals surface area contributed by atoms with E-state index >= 15 is 0 Å². The Morgan fingerprint density at radius 1 is 1.33 bits per heavy atom. The second-order valence-corrected chi connectivity index (χ2v) is 4.21. The van der Waals surface area contributed by atoms with Crippen LogP contribution in [0, 0.1) is 0 Å². The van der Waals surface area contributed by atoms with Crippen molar-refractivity contribution in [2.75, 3.05) is 26.8 Å². The van der Waals surface area contributed by atoms with Gasteiger partial charge in [-0.1, -0.05) is 12.1 Å². The van der Waals surface area contributed by atoms with Crippen LogP contribution in [0.15, 0.2) is 30.3 Å². The van der Waals surface area contributed by atoms with E-state index in [1.165, 1.54) is 13.2 Å². The standard InChI is InChI=1S/C14H16F3NO3/c1-21-12-5-2-11(3-6-12)4-7-13(20)18(8-9-19)10-14(15,16)17/h2-7,19H,8-10H2,1H3/b7-4+. The molecule has 0 atom stereocenters. The van der Waals surface area contributed by atoms with Crippen LogP contribution in [0.1, 0.15) is 5.56 Å². The largest absolute Gasteiger partial charge is 0.497 e. The lowest BCUT2D eigenvalue weighted by molar-refractivity contribution is -0.158. The Balaban J connectivity index is 2.72. The van der Waals surface area contributed by atoms with Gasteiger partial charge in [-0.2, -0.15) is 13.2 Å². The first-order valence-electron chi connectivity index (χ1n) is 6.14. The van der Waals surface area contributed by atoms with Gasteiger partial charge in [-0.15, -0.1) is 0 Å². The molecule has 0 heterocycles. The number of hydrogen-bond acceptors (Lipinski definition) is 3. The smallest absolute Gasteiger partial charge is 0.406 e. The third kappa shape index (κ3) is 6.31. The molecule has 0 unspecified atom stereocenters. The second-order valence-electron chi connectivity index (χ2n) is 4.21. The fourth-order valence-corrected chi connectivity index (χ4v) is 1.59. The van der Waals surface area contributed by atoms with Gasteiger partial charge < -0.3 is 14.7 Å². The van der Waals surface area contributed by atoms with Crippen LogP contribution in [-0.4, -0.2) is 48.9 Å². The summed E-state index contributed by atoms with van der Waals surface area (Å²) in [5.41, 5.74) is 0.653. The van der Waals surface area contributed by atoms with E-state index < -0.39 is 25.2 Å². The molecule has 0 saturated carbocycles. The molecule has 0 aliphatic carbocycles. The molecule has 21 heavy (non-hydrogen) atoms. The summed E-state index contributed by atoms with van der Waals surface area (Å²) in [4.78, 5) is 12.3. The summed E-state index contributed by atoms with van der Waals surface area (Å²) in [5.74, 6) is -0.172. The highest BCUT2D eigenvalue weighted by atomic mass is 19.4. The maximum absolute atomic E-state index is 12.3. The molecule has 0 aliphatic heterocycles. The molecule has 1 rings (SSSR count). The van der Waals surface area contributed by atoms with Crippen LogP contribution in [0.25, 0.3) is 6.08 Å². The summed E-state index contributed by atoms with van der Waals surface area (Å²) in [6.45, 7) is -2.29. The number of carbonyl (C=O) groups excluding carboxylic acids is 1. The molecule has 0 aromatic heterocycles. The van der Waals surface area contributed by atoms with E-state index in [9.17, 15) is 18.0 Å². The molecule has 1 N–H and O–H groups in total. The number of aliphatic hydroxyl groups excluding tert-OH is 1. The minimum atomic E-state index is -4.50. The fourth-order valence-electron chi connectivity index (χ4n) is 1.59. The van der Waals surface area contributed by atoms with E-state index in [0.717, 1.165) is 6.08 Å². The number of aliphatic hydroxyl groups is 1. The lowest BCUT2D eigenvalue weighted by Crippen LogP contribution is -2.39. The van der Waals surface area contributed by atoms with Gasteiger partial charge in [0.15, 0.2) is 0 Å². The van der Waals surface area contributed by atoms with Gasteiger partial charge in [0.05, 0.1) is 13.7 Å². The number of rotatable bonds is 6. The van der Waals surface area contributed by atoms with Crippen molar-refractivity contribution in [3.63, 3.8) is 0 Å². The van der Waals surface area contributed by atoms with Crippen LogP contribution in [0.4, 0.5) is 13.2 Å². The van der Waals surface area contributed by atoms with Crippen LogP contribution in [0.3, 0.4) is 0 Å².